The van der Waals surface area contributed by atoms with Crippen LogP contribution in [0.3, 0.4) is 0 Å². The third-order valence-corrected chi connectivity index (χ3v) is 4.63. The van der Waals surface area contributed by atoms with Gasteiger partial charge in [-0.3, -0.25) is 4.79 Å². The van der Waals surface area contributed by atoms with Crippen molar-refractivity contribution in [2.24, 2.45) is 5.73 Å². The Morgan fingerprint density at radius 2 is 1.68 bits per heavy atom. The predicted molar refractivity (Wildman–Crippen MR) is 94.4 cm³/mol. The van der Waals surface area contributed by atoms with Crippen LogP contribution in [-0.2, 0) is 10.2 Å². The number of carbonyl (C=O) groups excluding carboxylic acids is 1. The van der Waals surface area contributed by atoms with E-state index in [0.29, 0.717) is 0 Å². The van der Waals surface area contributed by atoms with Crippen molar-refractivity contribution in [3.63, 3.8) is 0 Å². The van der Waals surface area contributed by atoms with Crippen molar-refractivity contribution in [1.29, 1.82) is 0 Å². The number of hydrogen-bond acceptors (Lipinski definition) is 2. The molecular formula is C18H29ClN2O. The Morgan fingerprint density at radius 1 is 1.05 bits per heavy atom. The van der Waals surface area contributed by atoms with E-state index in [1.165, 1.54) is 5.56 Å². The van der Waals surface area contributed by atoms with Crippen molar-refractivity contribution in [2.75, 3.05) is 13.1 Å². The summed E-state index contributed by atoms with van der Waals surface area (Å²) in [4.78, 5) is 12.7. The van der Waals surface area contributed by atoms with Gasteiger partial charge in [0, 0.05) is 6.54 Å². The fourth-order valence-electron chi connectivity index (χ4n) is 3.38. The Kier molecular flexibility index (Phi) is 8.51. The van der Waals surface area contributed by atoms with E-state index in [1.54, 1.807) is 0 Å². The number of nitrogens with one attached hydrogen (secondary N) is 1. The molecule has 0 spiro atoms. The van der Waals surface area contributed by atoms with Crippen LogP contribution in [0.1, 0.15) is 56.9 Å². The highest BCUT2D eigenvalue weighted by atomic mass is 35.5. The molecule has 0 aliphatic heterocycles. The Morgan fingerprint density at radius 3 is 2.32 bits per heavy atom. The summed E-state index contributed by atoms with van der Waals surface area (Å²) in [5.74, 6) is 0.227. The van der Waals surface area contributed by atoms with E-state index in [-0.39, 0.29) is 23.7 Å². The summed E-state index contributed by atoms with van der Waals surface area (Å²) < 4.78 is 0. The number of unbranched alkanes of at least 4 members (excludes halogenated alkanes) is 3. The summed E-state index contributed by atoms with van der Waals surface area (Å²) in [6.07, 6.45) is 8.72. The van der Waals surface area contributed by atoms with Gasteiger partial charge in [0.05, 0.1) is 5.41 Å². The van der Waals surface area contributed by atoms with E-state index in [1.807, 2.05) is 18.2 Å². The third kappa shape index (κ3) is 4.72. The second kappa shape index (κ2) is 9.86. The fourth-order valence-corrected chi connectivity index (χ4v) is 3.38. The lowest BCUT2D eigenvalue weighted by Crippen LogP contribution is -2.42. The molecule has 0 bridgehead atoms. The minimum absolute atomic E-state index is 0. The normalized spacial score (nSPS) is 16.0. The topological polar surface area (TPSA) is 55.1 Å². The van der Waals surface area contributed by atoms with Crippen LogP contribution in [0.2, 0.25) is 0 Å². The van der Waals surface area contributed by atoms with Crippen LogP contribution < -0.4 is 11.1 Å². The van der Waals surface area contributed by atoms with Gasteiger partial charge in [0.1, 0.15) is 0 Å². The van der Waals surface area contributed by atoms with Gasteiger partial charge >= 0.3 is 0 Å². The van der Waals surface area contributed by atoms with Crippen molar-refractivity contribution in [1.82, 2.24) is 5.32 Å². The van der Waals surface area contributed by atoms with Gasteiger partial charge in [-0.25, -0.2) is 0 Å². The van der Waals surface area contributed by atoms with E-state index < -0.39 is 0 Å². The number of halogens is 1. The maximum Gasteiger partial charge on any atom is 0.230 e. The number of carbonyl (C=O) groups is 1. The van der Waals surface area contributed by atoms with Crippen molar-refractivity contribution >= 4 is 18.3 Å². The summed E-state index contributed by atoms with van der Waals surface area (Å²) in [5.41, 5.74) is 6.39. The molecule has 1 aromatic rings. The van der Waals surface area contributed by atoms with Gasteiger partial charge in [-0.1, -0.05) is 56.0 Å². The van der Waals surface area contributed by atoms with Gasteiger partial charge in [0.15, 0.2) is 0 Å². The molecule has 124 valence electrons. The number of amides is 1. The second-order valence-electron chi connectivity index (χ2n) is 6.11. The highest BCUT2D eigenvalue weighted by Crippen LogP contribution is 2.41. The summed E-state index contributed by atoms with van der Waals surface area (Å²) >= 11 is 0. The highest BCUT2D eigenvalue weighted by Gasteiger charge is 2.42. The summed E-state index contributed by atoms with van der Waals surface area (Å²) in [6.45, 7) is 1.56. The minimum Gasteiger partial charge on any atom is -0.355 e. The van der Waals surface area contributed by atoms with Gasteiger partial charge in [0.2, 0.25) is 5.91 Å². The molecule has 1 aliphatic carbocycles. The minimum atomic E-state index is -0.279. The second-order valence-corrected chi connectivity index (χ2v) is 6.11. The molecule has 1 aromatic carbocycles. The predicted octanol–water partition coefficient (Wildman–Crippen LogP) is 3.56. The van der Waals surface area contributed by atoms with Gasteiger partial charge in [-0.2, -0.15) is 0 Å². The van der Waals surface area contributed by atoms with Crippen molar-refractivity contribution in [3.8, 4) is 0 Å². The molecule has 1 fully saturated rings. The zero-order chi connectivity index (χ0) is 15.0. The Hall–Kier alpha value is -1.06. The average molecular weight is 325 g/mol. The molecule has 0 radical (unpaired) electrons. The molecular weight excluding hydrogens is 296 g/mol. The van der Waals surface area contributed by atoms with Crippen molar-refractivity contribution in [3.05, 3.63) is 35.9 Å². The molecule has 0 heterocycles. The van der Waals surface area contributed by atoms with E-state index in [2.05, 4.69) is 17.4 Å². The average Bonchev–Trinajstić information content (AvgIpc) is 3.02. The van der Waals surface area contributed by atoms with Crippen LogP contribution in [0.25, 0.3) is 0 Å². The van der Waals surface area contributed by atoms with E-state index in [0.717, 1.165) is 64.5 Å². The van der Waals surface area contributed by atoms with Gasteiger partial charge in [-0.05, 0) is 37.8 Å². The Balaban J connectivity index is 0.00000242. The molecule has 0 unspecified atom stereocenters. The summed E-state index contributed by atoms with van der Waals surface area (Å²) in [6, 6.07) is 10.3. The number of nitrogens with two attached hydrogens (primary N) is 1. The molecule has 3 N–H and O–H groups in total. The largest absolute Gasteiger partial charge is 0.355 e. The van der Waals surface area contributed by atoms with Gasteiger partial charge in [-0.15, -0.1) is 12.4 Å². The van der Waals surface area contributed by atoms with Crippen molar-refractivity contribution in [2.45, 2.75) is 56.8 Å². The zero-order valence-electron chi connectivity index (χ0n) is 13.4. The molecule has 0 aromatic heterocycles. The summed E-state index contributed by atoms with van der Waals surface area (Å²) in [5, 5.41) is 3.17. The molecule has 3 nitrogen and oxygen atoms in total. The van der Waals surface area contributed by atoms with Crippen molar-refractivity contribution < 1.29 is 4.79 Å². The van der Waals surface area contributed by atoms with Crippen LogP contribution in [0.5, 0.6) is 0 Å². The first-order valence-corrected chi connectivity index (χ1v) is 8.33. The van der Waals surface area contributed by atoms with Crippen LogP contribution in [0.15, 0.2) is 30.3 Å². The van der Waals surface area contributed by atoms with E-state index in [4.69, 9.17) is 5.73 Å². The van der Waals surface area contributed by atoms with Gasteiger partial charge in [0.25, 0.3) is 0 Å². The first-order valence-electron chi connectivity index (χ1n) is 8.33. The van der Waals surface area contributed by atoms with Crippen LogP contribution in [0, 0.1) is 0 Å². The molecule has 1 aliphatic rings. The zero-order valence-corrected chi connectivity index (χ0v) is 14.2. The highest BCUT2D eigenvalue weighted by molar-refractivity contribution is 5.88. The number of hydrogen-bond donors (Lipinski definition) is 2. The molecule has 0 saturated heterocycles. The third-order valence-electron chi connectivity index (χ3n) is 4.63. The molecule has 1 saturated carbocycles. The lowest BCUT2D eigenvalue weighted by Gasteiger charge is -2.28. The SMILES string of the molecule is Cl.NCCCCCCNC(=O)C1(c2ccccc2)CCCC1. The molecule has 22 heavy (non-hydrogen) atoms. The smallest absolute Gasteiger partial charge is 0.230 e. The number of rotatable bonds is 8. The summed E-state index contributed by atoms with van der Waals surface area (Å²) in [7, 11) is 0. The Labute approximate surface area is 140 Å². The van der Waals surface area contributed by atoms with Gasteiger partial charge < -0.3 is 11.1 Å². The standard InChI is InChI=1S/C18H28N2O.ClH/c19-14-8-1-2-9-15-20-17(21)18(12-6-7-13-18)16-10-4-3-5-11-16;/h3-5,10-11H,1-2,6-9,12-15,19H2,(H,20,21);1H. The monoisotopic (exact) mass is 324 g/mol. The molecule has 0 atom stereocenters. The van der Waals surface area contributed by atoms with Crippen LogP contribution >= 0.6 is 12.4 Å². The van der Waals surface area contributed by atoms with E-state index in [9.17, 15) is 4.79 Å². The molecule has 2 rings (SSSR count). The number of benzene rings is 1. The maximum atomic E-state index is 12.7. The molecule has 1 amide bonds. The molecule has 4 heteroatoms. The quantitative estimate of drug-likeness (QED) is 0.718. The maximum absolute atomic E-state index is 12.7. The first kappa shape index (κ1) is 19.0. The lowest BCUT2D eigenvalue weighted by atomic mass is 9.78. The fraction of sp³-hybridized carbons (Fsp3) is 0.611. The Bertz CT molecular complexity index is 430. The van der Waals surface area contributed by atoms with Crippen LogP contribution in [0.4, 0.5) is 0 Å². The first-order chi connectivity index (χ1) is 10.3. The van der Waals surface area contributed by atoms with E-state index >= 15 is 0 Å². The van der Waals surface area contributed by atoms with Crippen LogP contribution in [-0.4, -0.2) is 19.0 Å². The lowest BCUT2D eigenvalue weighted by molar-refractivity contribution is -0.126.